The van der Waals surface area contributed by atoms with Gasteiger partial charge in [0.05, 0.1) is 26.1 Å². The zero-order valence-corrected chi connectivity index (χ0v) is 28.6. The lowest BCUT2D eigenvalue weighted by Gasteiger charge is -2.31. The maximum atomic E-state index is 13.7. The van der Waals surface area contributed by atoms with Gasteiger partial charge < -0.3 is 25.3 Å². The summed E-state index contributed by atoms with van der Waals surface area (Å²) in [5.74, 6) is 0.118. The average molecular weight is 690 g/mol. The van der Waals surface area contributed by atoms with Gasteiger partial charge in [-0.25, -0.2) is 4.79 Å². The smallest absolute Gasteiger partial charge is 0.349 e. The number of aliphatic hydroxyl groups is 2. The number of aromatic amines is 1. The van der Waals surface area contributed by atoms with Crippen LogP contribution in [0.2, 0.25) is 0 Å². The van der Waals surface area contributed by atoms with Gasteiger partial charge in [-0.3, -0.25) is 9.69 Å². The molecule has 2 bridgehead atoms. The zero-order valence-electron chi connectivity index (χ0n) is 26.1. The maximum absolute atomic E-state index is 13.7. The van der Waals surface area contributed by atoms with Crippen LogP contribution in [-0.2, 0) is 28.1 Å². The average Bonchev–Trinajstić information content (AvgIpc) is 3.91. The second-order valence-electron chi connectivity index (χ2n) is 12.8. The number of hydrogen-bond acceptors (Lipinski definition) is 10. The molecule has 0 spiro atoms. The molecule has 2 aliphatic carbocycles. The van der Waals surface area contributed by atoms with Crippen molar-refractivity contribution < 1.29 is 19.7 Å². The molecule has 3 aromatic heterocycles. The van der Waals surface area contributed by atoms with E-state index in [2.05, 4.69) is 46.5 Å². The van der Waals surface area contributed by atoms with Gasteiger partial charge in [-0.05, 0) is 85.3 Å². The van der Waals surface area contributed by atoms with Crippen LogP contribution in [0.5, 0.6) is 0 Å². The van der Waals surface area contributed by atoms with Crippen molar-refractivity contribution in [3.63, 3.8) is 0 Å². The monoisotopic (exact) mass is 689 g/mol. The highest BCUT2D eigenvalue weighted by atomic mass is 32.1. The Balaban J connectivity index is 0.938. The fourth-order valence-electron chi connectivity index (χ4n) is 7.69. The summed E-state index contributed by atoms with van der Waals surface area (Å²) >= 11 is 3.86. The highest BCUT2D eigenvalue weighted by molar-refractivity contribution is 7.16. The van der Waals surface area contributed by atoms with Crippen LogP contribution in [0.25, 0.3) is 10.2 Å². The summed E-state index contributed by atoms with van der Waals surface area (Å²) in [5, 5.41) is 29.6. The Kier molecular flexibility index (Phi) is 9.48. The van der Waals surface area contributed by atoms with Gasteiger partial charge in [0, 0.05) is 30.6 Å². The summed E-state index contributed by atoms with van der Waals surface area (Å²) in [6, 6.07) is 21.9. The predicted octanol–water partition coefficient (Wildman–Crippen LogP) is 5.66. The first-order valence-corrected chi connectivity index (χ1v) is 18.7. The quantitative estimate of drug-likeness (QED) is 0.0933. The summed E-state index contributed by atoms with van der Waals surface area (Å²) in [6.45, 7) is 1.93. The van der Waals surface area contributed by atoms with E-state index < -0.39 is 17.7 Å². The van der Waals surface area contributed by atoms with Crippen LogP contribution in [0.4, 0.5) is 0 Å². The van der Waals surface area contributed by atoms with Crippen molar-refractivity contribution >= 4 is 50.2 Å². The van der Waals surface area contributed by atoms with E-state index >= 15 is 0 Å². The molecule has 2 aliphatic rings. The van der Waals surface area contributed by atoms with Gasteiger partial charge in [-0.15, -0.1) is 22.7 Å². The molecule has 2 saturated carbocycles. The summed E-state index contributed by atoms with van der Waals surface area (Å²) < 4.78 is 7.00. The number of esters is 1. The van der Waals surface area contributed by atoms with Crippen molar-refractivity contribution in [2.75, 3.05) is 20.1 Å². The molecule has 7 rings (SSSR count). The number of nitrogens with zero attached hydrogens (tertiary/aromatic N) is 1. The number of hydrogen-bond donors (Lipinski definition) is 4. The van der Waals surface area contributed by atoms with Gasteiger partial charge >= 0.3 is 10.8 Å². The Hall–Kier alpha value is -3.16. The highest BCUT2D eigenvalue weighted by Gasteiger charge is 2.53. The van der Waals surface area contributed by atoms with E-state index in [1.165, 1.54) is 33.8 Å². The zero-order chi connectivity index (χ0) is 32.5. The molecular formula is C36H39N3O5S3. The number of aliphatic hydroxyl groups excluding tert-OH is 1. The molecule has 8 nitrogen and oxygen atoms in total. The van der Waals surface area contributed by atoms with E-state index in [0.717, 1.165) is 65.9 Å². The van der Waals surface area contributed by atoms with E-state index in [1.54, 1.807) is 12.1 Å². The number of rotatable bonds is 13. The summed E-state index contributed by atoms with van der Waals surface area (Å²) in [5.41, 5.74) is 2.21. The van der Waals surface area contributed by atoms with Crippen molar-refractivity contribution in [1.82, 2.24) is 15.2 Å². The topological polar surface area (TPSA) is 115 Å². The third-order valence-corrected chi connectivity index (χ3v) is 12.7. The standard InChI is InChI=1S/C36H39N3O5S3/c1-39(21-23-7-2-6-22(18-23)14-15-37-20-28(40)25-8-3-9-27-33(25)47-35(42)38-27)32-24-12-13-26(32)29(19-24)44-34(41)36(43,30-10-4-16-45-30)31-11-5-17-46-31/h2-11,16-18,24,26,28-29,32,37,40,43H,12-15,19-21H2,1H3,(H,38,42)/t24?,26?,28-,29?,32?/m0/s1. The molecule has 4 unspecified atom stereocenters. The summed E-state index contributed by atoms with van der Waals surface area (Å²) in [4.78, 5) is 31.7. The number of H-pyrrole nitrogens is 1. The number of thiophene rings is 2. The van der Waals surface area contributed by atoms with Crippen LogP contribution in [0, 0.1) is 11.8 Å². The molecule has 2 aromatic carbocycles. The number of carbonyl (C=O) groups excluding carboxylic acids is 1. The molecular weight excluding hydrogens is 651 g/mol. The van der Waals surface area contributed by atoms with E-state index in [4.69, 9.17) is 4.74 Å². The van der Waals surface area contributed by atoms with E-state index in [0.29, 0.717) is 28.3 Å². The highest BCUT2D eigenvalue weighted by Crippen LogP contribution is 2.49. The number of ether oxygens (including phenoxy) is 1. The van der Waals surface area contributed by atoms with Crippen LogP contribution in [-0.4, -0.2) is 58.3 Å². The lowest BCUT2D eigenvalue weighted by Crippen LogP contribution is -2.42. The van der Waals surface area contributed by atoms with Gasteiger partial charge in [-0.1, -0.05) is 59.9 Å². The van der Waals surface area contributed by atoms with E-state index in [9.17, 15) is 19.8 Å². The molecule has 3 heterocycles. The Bertz CT molecular complexity index is 1830. The molecule has 0 saturated heterocycles. The minimum atomic E-state index is -1.78. The molecule has 5 atom stereocenters. The number of benzene rings is 2. The first kappa shape index (κ1) is 32.4. The van der Waals surface area contributed by atoms with Crippen LogP contribution in [0.15, 0.2) is 82.3 Å². The summed E-state index contributed by atoms with van der Waals surface area (Å²) in [6.07, 6.45) is 2.89. The molecule has 0 aliphatic heterocycles. The first-order valence-electron chi connectivity index (χ1n) is 16.1. The molecule has 5 aromatic rings. The maximum Gasteiger partial charge on any atom is 0.349 e. The Labute approximate surface area is 285 Å². The van der Waals surface area contributed by atoms with E-state index in [-0.39, 0.29) is 16.9 Å². The van der Waals surface area contributed by atoms with Crippen molar-refractivity contribution in [3.05, 3.63) is 114 Å². The molecule has 246 valence electrons. The lowest BCUT2D eigenvalue weighted by atomic mass is 9.96. The number of nitrogens with one attached hydrogen (secondary N) is 2. The summed E-state index contributed by atoms with van der Waals surface area (Å²) in [7, 11) is 2.17. The fourth-order valence-corrected chi connectivity index (χ4v) is 10.3. The van der Waals surface area contributed by atoms with Gasteiger partial charge in [0.15, 0.2) is 0 Å². The normalized spacial score (nSPS) is 21.5. The molecule has 11 heteroatoms. The van der Waals surface area contributed by atoms with Gasteiger partial charge in [0.1, 0.15) is 6.10 Å². The van der Waals surface area contributed by atoms with Crippen LogP contribution >= 0.6 is 34.0 Å². The number of aromatic nitrogens is 1. The van der Waals surface area contributed by atoms with Crippen molar-refractivity contribution in [1.29, 1.82) is 0 Å². The largest absolute Gasteiger partial charge is 0.459 e. The minimum absolute atomic E-state index is 0.116. The van der Waals surface area contributed by atoms with Crippen molar-refractivity contribution in [2.45, 2.75) is 56.1 Å². The van der Waals surface area contributed by atoms with Crippen molar-refractivity contribution in [2.24, 2.45) is 11.8 Å². The Morgan fingerprint density at radius 1 is 1.06 bits per heavy atom. The minimum Gasteiger partial charge on any atom is -0.459 e. The van der Waals surface area contributed by atoms with Crippen LogP contribution < -0.4 is 10.2 Å². The third kappa shape index (κ3) is 6.50. The molecule has 4 N–H and O–H groups in total. The van der Waals surface area contributed by atoms with Gasteiger partial charge in [0.25, 0.3) is 0 Å². The van der Waals surface area contributed by atoms with Crippen LogP contribution in [0.3, 0.4) is 0 Å². The third-order valence-electron chi connectivity index (χ3n) is 9.81. The van der Waals surface area contributed by atoms with E-state index in [1.807, 2.05) is 41.1 Å². The fraction of sp³-hybridized carbons (Fsp3) is 0.389. The molecule has 2 fully saturated rings. The Morgan fingerprint density at radius 2 is 1.81 bits per heavy atom. The lowest BCUT2D eigenvalue weighted by molar-refractivity contribution is -0.170. The predicted molar refractivity (Wildman–Crippen MR) is 188 cm³/mol. The van der Waals surface area contributed by atoms with Gasteiger partial charge in [0.2, 0.25) is 5.60 Å². The van der Waals surface area contributed by atoms with Crippen LogP contribution in [0.1, 0.15) is 51.8 Å². The first-order chi connectivity index (χ1) is 22.8. The number of thiazole rings is 1. The SMILES string of the molecule is CN(Cc1cccc(CCNC[C@H](O)c2cccc3[nH]c(=O)sc23)c1)C1C2CCC1C(OC(=O)C(O)(c1cccs1)c1cccs1)C2. The van der Waals surface area contributed by atoms with Gasteiger partial charge in [-0.2, -0.15) is 0 Å². The Morgan fingerprint density at radius 3 is 2.55 bits per heavy atom. The molecule has 47 heavy (non-hydrogen) atoms. The second kappa shape index (κ2) is 13.8. The number of carbonyl (C=O) groups is 1. The molecule has 0 amide bonds. The van der Waals surface area contributed by atoms with Crippen molar-refractivity contribution in [3.8, 4) is 0 Å². The molecule has 0 radical (unpaired) electrons. The number of fused-ring (bicyclic) bond motifs is 3. The second-order valence-corrected chi connectivity index (χ2v) is 15.7.